The minimum Gasteiger partial charge on any atom is -0.361 e. The lowest BCUT2D eigenvalue weighted by molar-refractivity contribution is -0.168. The van der Waals surface area contributed by atoms with Crippen LogP contribution in [-0.4, -0.2) is 30.0 Å². The van der Waals surface area contributed by atoms with Crippen LogP contribution in [-0.2, 0) is 4.74 Å². The summed E-state index contributed by atoms with van der Waals surface area (Å²) in [4.78, 5) is 0. The van der Waals surface area contributed by atoms with E-state index in [1.54, 1.807) is 0 Å². The van der Waals surface area contributed by atoms with Gasteiger partial charge in [-0.15, -0.1) is 11.8 Å². The Bertz CT molecular complexity index is 128. The van der Waals surface area contributed by atoms with Gasteiger partial charge in [0.25, 0.3) is 0 Å². The smallest absolute Gasteiger partial charge is 0.361 e. The first-order chi connectivity index (χ1) is 5.71. The molecule has 0 amide bonds. The van der Waals surface area contributed by atoms with E-state index >= 15 is 0 Å². The summed E-state index contributed by atoms with van der Waals surface area (Å²) < 4.78 is 39.0. The van der Waals surface area contributed by atoms with Crippen molar-refractivity contribution in [1.82, 2.24) is 0 Å². The van der Waals surface area contributed by atoms with Crippen LogP contribution < -0.4 is 5.73 Å². The monoisotopic (exact) mass is 217 g/mol. The molecule has 0 spiro atoms. The van der Waals surface area contributed by atoms with Gasteiger partial charge >= 0.3 is 6.18 Å². The van der Waals surface area contributed by atoms with Gasteiger partial charge in [-0.1, -0.05) is 0 Å². The second-order valence-electron chi connectivity index (χ2n) is 3.42. The van der Waals surface area contributed by atoms with Gasteiger partial charge in [-0.05, 0) is 13.8 Å². The molecule has 80 valence electrons. The van der Waals surface area contributed by atoms with E-state index in [-0.39, 0.29) is 11.5 Å². The Morgan fingerprint density at radius 2 is 1.85 bits per heavy atom. The Kier molecular flexibility index (Phi) is 5.09. The lowest BCUT2D eigenvalue weighted by Crippen LogP contribution is -2.35. The molecule has 0 atom stereocenters. The van der Waals surface area contributed by atoms with Crippen molar-refractivity contribution in [1.29, 1.82) is 0 Å². The minimum absolute atomic E-state index is 0.0279. The van der Waals surface area contributed by atoms with Crippen LogP contribution in [0.3, 0.4) is 0 Å². The fraction of sp³-hybridized carbons (Fsp3) is 1.00. The molecule has 0 aliphatic carbocycles. The molecule has 13 heavy (non-hydrogen) atoms. The molecule has 2 N–H and O–H groups in total. The number of ether oxygens (including phenoxy) is 1. The van der Waals surface area contributed by atoms with Crippen LogP contribution in [0.15, 0.2) is 0 Å². The summed E-state index contributed by atoms with van der Waals surface area (Å²) in [5, 5.41) is 0. The van der Waals surface area contributed by atoms with Crippen LogP contribution in [0, 0.1) is 0 Å². The summed E-state index contributed by atoms with van der Waals surface area (Å²) in [6.07, 6.45) is -4.24. The number of hydrogen-bond acceptors (Lipinski definition) is 3. The summed E-state index contributed by atoms with van der Waals surface area (Å²) >= 11 is 1.25. The summed E-state index contributed by atoms with van der Waals surface area (Å²) in [6.45, 7) is 2.43. The molecule has 2 nitrogen and oxygen atoms in total. The third kappa shape index (κ3) is 12.1. The molecule has 6 heteroatoms. The Labute approximate surface area is 80.0 Å². The fourth-order valence-electron chi connectivity index (χ4n) is 0.521. The number of nitrogens with two attached hydrogens (primary N) is 1. The molecule has 0 aromatic carbocycles. The van der Waals surface area contributed by atoms with Crippen molar-refractivity contribution in [3.8, 4) is 0 Å². The standard InChI is InChI=1S/C7H14F3NOS/c1-6(2,11)4-13-5-12-3-7(8,9)10/h3-5,11H2,1-2H3. The summed E-state index contributed by atoms with van der Waals surface area (Å²) in [6, 6.07) is 0. The lowest BCUT2D eigenvalue weighted by Gasteiger charge is -2.17. The number of rotatable bonds is 5. The SMILES string of the molecule is CC(C)(N)CSCOCC(F)(F)F. The van der Waals surface area contributed by atoms with E-state index < -0.39 is 12.8 Å². The van der Waals surface area contributed by atoms with Crippen LogP contribution in [0.25, 0.3) is 0 Å². The van der Waals surface area contributed by atoms with Crippen molar-refractivity contribution < 1.29 is 17.9 Å². The van der Waals surface area contributed by atoms with Crippen molar-refractivity contribution in [2.45, 2.75) is 25.6 Å². The van der Waals surface area contributed by atoms with Crippen LogP contribution in [0.1, 0.15) is 13.8 Å². The molecular formula is C7H14F3NOS. The van der Waals surface area contributed by atoms with E-state index in [0.717, 1.165) is 0 Å². The quantitative estimate of drug-likeness (QED) is 0.565. The average molecular weight is 217 g/mol. The summed E-state index contributed by atoms with van der Waals surface area (Å²) in [5.74, 6) is 0.602. The van der Waals surface area contributed by atoms with Gasteiger partial charge in [0.15, 0.2) is 0 Å². The molecule has 0 aliphatic rings. The van der Waals surface area contributed by atoms with Crippen molar-refractivity contribution >= 4 is 11.8 Å². The van der Waals surface area contributed by atoms with Crippen molar-refractivity contribution in [3.05, 3.63) is 0 Å². The number of halogens is 3. The predicted octanol–water partition coefficient (Wildman–Crippen LogP) is 1.99. The second kappa shape index (κ2) is 5.07. The van der Waals surface area contributed by atoms with Crippen LogP contribution in [0.5, 0.6) is 0 Å². The van der Waals surface area contributed by atoms with Crippen LogP contribution in [0.4, 0.5) is 13.2 Å². The minimum atomic E-state index is -4.24. The van der Waals surface area contributed by atoms with Gasteiger partial charge in [-0.2, -0.15) is 13.2 Å². The zero-order valence-corrected chi connectivity index (χ0v) is 8.47. The Hall–Kier alpha value is 0.0600. The highest BCUT2D eigenvalue weighted by Gasteiger charge is 2.27. The first-order valence-corrected chi connectivity index (χ1v) is 4.87. The van der Waals surface area contributed by atoms with Crippen molar-refractivity contribution in [2.24, 2.45) is 5.73 Å². The molecule has 0 unspecified atom stereocenters. The molecule has 0 aromatic heterocycles. The number of thioether (sulfide) groups is 1. The topological polar surface area (TPSA) is 35.2 Å². The first kappa shape index (κ1) is 13.1. The predicted molar refractivity (Wildman–Crippen MR) is 47.6 cm³/mol. The molecular weight excluding hydrogens is 203 g/mol. The third-order valence-corrected chi connectivity index (χ3v) is 2.19. The van der Waals surface area contributed by atoms with Gasteiger partial charge in [-0.3, -0.25) is 0 Å². The lowest BCUT2D eigenvalue weighted by atomic mass is 10.1. The second-order valence-corrected chi connectivity index (χ2v) is 4.35. The Morgan fingerprint density at radius 1 is 1.31 bits per heavy atom. The molecule has 0 aliphatic heterocycles. The van der Waals surface area contributed by atoms with Gasteiger partial charge in [-0.25, -0.2) is 0 Å². The molecule has 0 radical (unpaired) electrons. The fourth-order valence-corrected chi connectivity index (χ4v) is 1.33. The maximum Gasteiger partial charge on any atom is 0.411 e. The summed E-state index contributed by atoms with van der Waals surface area (Å²) in [5.41, 5.74) is 5.24. The van der Waals surface area contributed by atoms with Crippen LogP contribution in [0.2, 0.25) is 0 Å². The number of alkyl halides is 3. The molecule has 0 fully saturated rings. The third-order valence-electron chi connectivity index (χ3n) is 0.906. The van der Waals surface area contributed by atoms with E-state index in [1.165, 1.54) is 11.8 Å². The highest BCUT2D eigenvalue weighted by Crippen LogP contribution is 2.16. The van der Waals surface area contributed by atoms with Crippen molar-refractivity contribution in [3.63, 3.8) is 0 Å². The van der Waals surface area contributed by atoms with E-state index in [9.17, 15) is 13.2 Å². The highest BCUT2D eigenvalue weighted by atomic mass is 32.2. The molecule has 0 aromatic rings. The Morgan fingerprint density at radius 3 is 2.23 bits per heavy atom. The van der Waals surface area contributed by atoms with Gasteiger partial charge < -0.3 is 10.5 Å². The van der Waals surface area contributed by atoms with Gasteiger partial charge in [0.2, 0.25) is 0 Å². The maximum absolute atomic E-state index is 11.6. The number of hydrogen-bond donors (Lipinski definition) is 1. The highest BCUT2D eigenvalue weighted by molar-refractivity contribution is 7.99. The van der Waals surface area contributed by atoms with Gasteiger partial charge in [0.1, 0.15) is 6.61 Å². The molecule has 0 heterocycles. The molecule has 0 bridgehead atoms. The molecule has 0 rings (SSSR count). The van der Waals surface area contributed by atoms with Crippen LogP contribution >= 0.6 is 11.8 Å². The van der Waals surface area contributed by atoms with E-state index in [0.29, 0.717) is 5.75 Å². The van der Waals surface area contributed by atoms with E-state index in [1.807, 2.05) is 13.8 Å². The normalized spacial score (nSPS) is 13.4. The van der Waals surface area contributed by atoms with Crippen molar-refractivity contribution in [2.75, 3.05) is 18.3 Å². The summed E-state index contributed by atoms with van der Waals surface area (Å²) in [7, 11) is 0. The average Bonchev–Trinajstić information content (AvgIpc) is 1.81. The van der Waals surface area contributed by atoms with E-state index in [2.05, 4.69) is 4.74 Å². The zero-order valence-electron chi connectivity index (χ0n) is 7.65. The largest absolute Gasteiger partial charge is 0.411 e. The maximum atomic E-state index is 11.6. The van der Waals surface area contributed by atoms with Gasteiger partial charge in [0, 0.05) is 11.3 Å². The van der Waals surface area contributed by atoms with E-state index in [4.69, 9.17) is 5.73 Å². The first-order valence-electron chi connectivity index (χ1n) is 3.72. The zero-order chi connectivity index (χ0) is 10.5. The molecule has 0 saturated carbocycles. The Balaban J connectivity index is 3.28. The molecule has 0 saturated heterocycles. The van der Waals surface area contributed by atoms with Gasteiger partial charge in [0.05, 0.1) is 5.94 Å².